The van der Waals surface area contributed by atoms with Gasteiger partial charge < -0.3 is 9.84 Å². The highest BCUT2D eigenvalue weighted by molar-refractivity contribution is 6.10. The van der Waals surface area contributed by atoms with E-state index in [1.807, 2.05) is 6.07 Å². The molecule has 0 fully saturated rings. The molecule has 0 saturated heterocycles. The molecule has 0 radical (unpaired) electrons. The standard InChI is InChI=1S/C16H13N3O3/c1-22-13-9-11(7-8-12(13)20)14-15(18-19-17-14)16(21)10-5-3-2-4-6-10/h2-9,20H,1H3,(H,17,18,19). The van der Waals surface area contributed by atoms with Crippen LogP contribution in [0.3, 0.4) is 0 Å². The van der Waals surface area contributed by atoms with Crippen molar-refractivity contribution < 1.29 is 14.6 Å². The number of H-pyrrole nitrogens is 1. The van der Waals surface area contributed by atoms with E-state index in [0.717, 1.165) is 0 Å². The molecule has 0 aliphatic carbocycles. The minimum Gasteiger partial charge on any atom is -0.504 e. The van der Waals surface area contributed by atoms with E-state index < -0.39 is 0 Å². The Bertz CT molecular complexity index is 813. The summed E-state index contributed by atoms with van der Waals surface area (Å²) < 4.78 is 5.08. The number of hydrogen-bond donors (Lipinski definition) is 2. The second-order valence-corrected chi connectivity index (χ2v) is 4.60. The van der Waals surface area contributed by atoms with Crippen LogP contribution >= 0.6 is 0 Å². The number of ether oxygens (including phenoxy) is 1. The van der Waals surface area contributed by atoms with Gasteiger partial charge in [-0.15, -0.1) is 0 Å². The molecule has 0 unspecified atom stereocenters. The Morgan fingerprint density at radius 3 is 2.64 bits per heavy atom. The van der Waals surface area contributed by atoms with Crippen LogP contribution in [0.1, 0.15) is 16.1 Å². The van der Waals surface area contributed by atoms with Crippen molar-refractivity contribution in [3.8, 4) is 22.8 Å². The van der Waals surface area contributed by atoms with Gasteiger partial charge in [-0.2, -0.15) is 15.4 Å². The second kappa shape index (κ2) is 5.69. The van der Waals surface area contributed by atoms with Gasteiger partial charge in [0.25, 0.3) is 0 Å². The van der Waals surface area contributed by atoms with Crippen LogP contribution in [0.15, 0.2) is 48.5 Å². The molecule has 0 spiro atoms. The lowest BCUT2D eigenvalue weighted by molar-refractivity contribution is 0.103. The van der Waals surface area contributed by atoms with Crippen LogP contribution in [0.5, 0.6) is 11.5 Å². The third-order valence-corrected chi connectivity index (χ3v) is 3.25. The van der Waals surface area contributed by atoms with Gasteiger partial charge in [-0.05, 0) is 18.2 Å². The molecule has 0 bridgehead atoms. The number of carbonyl (C=O) groups excluding carboxylic acids is 1. The molecule has 3 rings (SSSR count). The van der Waals surface area contributed by atoms with Gasteiger partial charge in [0.15, 0.2) is 17.2 Å². The molecule has 3 aromatic rings. The lowest BCUT2D eigenvalue weighted by atomic mass is 10.0. The Morgan fingerprint density at radius 1 is 1.14 bits per heavy atom. The molecule has 0 aliphatic rings. The Kier molecular flexibility index (Phi) is 3.57. The molecule has 1 heterocycles. The van der Waals surface area contributed by atoms with Gasteiger partial charge in [-0.1, -0.05) is 30.3 Å². The fourth-order valence-electron chi connectivity index (χ4n) is 2.14. The molecule has 6 nitrogen and oxygen atoms in total. The van der Waals surface area contributed by atoms with Crippen molar-refractivity contribution in [1.29, 1.82) is 0 Å². The molecule has 22 heavy (non-hydrogen) atoms. The summed E-state index contributed by atoms with van der Waals surface area (Å²) >= 11 is 0. The zero-order valence-corrected chi connectivity index (χ0v) is 11.8. The summed E-state index contributed by atoms with van der Waals surface area (Å²) in [6.07, 6.45) is 0. The molecule has 0 aliphatic heterocycles. The number of hydrogen-bond acceptors (Lipinski definition) is 5. The van der Waals surface area contributed by atoms with Crippen molar-refractivity contribution >= 4 is 5.78 Å². The van der Waals surface area contributed by atoms with Gasteiger partial charge in [0.2, 0.25) is 5.78 Å². The summed E-state index contributed by atoms with van der Waals surface area (Å²) in [5.41, 5.74) is 1.79. The zero-order chi connectivity index (χ0) is 15.5. The highest BCUT2D eigenvalue weighted by atomic mass is 16.5. The molecule has 110 valence electrons. The maximum Gasteiger partial charge on any atom is 0.215 e. The summed E-state index contributed by atoms with van der Waals surface area (Å²) in [4.78, 5) is 12.5. The number of carbonyl (C=O) groups is 1. The van der Waals surface area contributed by atoms with Crippen molar-refractivity contribution in [2.24, 2.45) is 0 Å². The first kappa shape index (κ1) is 13.8. The minimum absolute atomic E-state index is 0.0191. The van der Waals surface area contributed by atoms with Crippen LogP contribution in [-0.2, 0) is 0 Å². The summed E-state index contributed by atoms with van der Waals surface area (Å²) in [5.74, 6) is 0.0979. The largest absolute Gasteiger partial charge is 0.504 e. The highest BCUT2D eigenvalue weighted by Gasteiger charge is 2.20. The van der Waals surface area contributed by atoms with E-state index in [2.05, 4.69) is 15.4 Å². The molecular formula is C16H13N3O3. The first-order chi connectivity index (χ1) is 10.7. The van der Waals surface area contributed by atoms with Crippen molar-refractivity contribution in [2.45, 2.75) is 0 Å². The van der Waals surface area contributed by atoms with E-state index in [1.54, 1.807) is 36.4 Å². The van der Waals surface area contributed by atoms with E-state index in [0.29, 0.717) is 22.6 Å². The van der Waals surface area contributed by atoms with E-state index in [9.17, 15) is 9.90 Å². The number of aromatic amines is 1. The fourth-order valence-corrected chi connectivity index (χ4v) is 2.14. The SMILES string of the molecule is COc1cc(-c2n[nH]nc2C(=O)c2ccccc2)ccc1O. The normalized spacial score (nSPS) is 10.4. The average Bonchev–Trinajstić information content (AvgIpc) is 3.05. The van der Waals surface area contributed by atoms with Gasteiger partial charge in [0.1, 0.15) is 5.69 Å². The van der Waals surface area contributed by atoms with Crippen LogP contribution in [0, 0.1) is 0 Å². The lowest BCUT2D eigenvalue weighted by Gasteiger charge is -2.06. The number of ketones is 1. The van der Waals surface area contributed by atoms with Crippen molar-refractivity contribution in [3.05, 3.63) is 59.8 Å². The van der Waals surface area contributed by atoms with Gasteiger partial charge in [0.05, 0.1) is 7.11 Å². The summed E-state index contributed by atoms with van der Waals surface area (Å²) in [6, 6.07) is 13.6. The fraction of sp³-hybridized carbons (Fsp3) is 0.0625. The molecule has 6 heteroatoms. The molecule has 1 aromatic heterocycles. The van der Waals surface area contributed by atoms with Crippen LogP contribution in [-0.4, -0.2) is 33.4 Å². The molecule has 2 N–H and O–H groups in total. The van der Waals surface area contributed by atoms with E-state index in [4.69, 9.17) is 4.74 Å². The van der Waals surface area contributed by atoms with Crippen molar-refractivity contribution in [2.75, 3.05) is 7.11 Å². The number of aromatic hydroxyl groups is 1. The highest BCUT2D eigenvalue weighted by Crippen LogP contribution is 2.31. The number of methoxy groups -OCH3 is 1. The van der Waals surface area contributed by atoms with Gasteiger partial charge in [0, 0.05) is 11.1 Å². The second-order valence-electron chi connectivity index (χ2n) is 4.60. The topological polar surface area (TPSA) is 88.1 Å². The van der Waals surface area contributed by atoms with E-state index >= 15 is 0 Å². The van der Waals surface area contributed by atoms with Crippen molar-refractivity contribution in [3.63, 3.8) is 0 Å². The number of benzene rings is 2. The van der Waals surface area contributed by atoms with Gasteiger partial charge in [-0.3, -0.25) is 4.79 Å². The lowest BCUT2D eigenvalue weighted by Crippen LogP contribution is -2.03. The van der Waals surface area contributed by atoms with Gasteiger partial charge >= 0.3 is 0 Å². The van der Waals surface area contributed by atoms with E-state index in [1.165, 1.54) is 13.2 Å². The molecule has 0 atom stereocenters. The third kappa shape index (κ3) is 2.42. The molecule has 2 aromatic carbocycles. The van der Waals surface area contributed by atoms with Crippen molar-refractivity contribution in [1.82, 2.24) is 15.4 Å². The number of phenols is 1. The van der Waals surface area contributed by atoms with Crippen LogP contribution < -0.4 is 4.74 Å². The van der Waals surface area contributed by atoms with Gasteiger partial charge in [-0.25, -0.2) is 0 Å². The Balaban J connectivity index is 2.04. The average molecular weight is 295 g/mol. The maximum atomic E-state index is 12.5. The Morgan fingerprint density at radius 2 is 1.91 bits per heavy atom. The van der Waals surface area contributed by atoms with Crippen LogP contribution in [0.2, 0.25) is 0 Å². The Labute approximate surface area is 126 Å². The molecular weight excluding hydrogens is 282 g/mol. The predicted octanol–water partition coefficient (Wildman–Crippen LogP) is 2.42. The zero-order valence-electron chi connectivity index (χ0n) is 11.8. The summed E-state index contributed by atoms with van der Waals surface area (Å²) in [7, 11) is 1.46. The van der Waals surface area contributed by atoms with Crippen LogP contribution in [0.25, 0.3) is 11.3 Å². The monoisotopic (exact) mass is 295 g/mol. The summed E-state index contributed by atoms with van der Waals surface area (Å²) in [5, 5.41) is 20.1. The molecule has 0 amide bonds. The predicted molar refractivity (Wildman–Crippen MR) is 79.9 cm³/mol. The number of nitrogens with one attached hydrogen (secondary N) is 1. The minimum atomic E-state index is -0.226. The first-order valence-corrected chi connectivity index (χ1v) is 6.58. The number of aromatic nitrogens is 3. The van der Waals surface area contributed by atoms with E-state index in [-0.39, 0.29) is 17.2 Å². The van der Waals surface area contributed by atoms with Crippen LogP contribution in [0.4, 0.5) is 0 Å². The number of rotatable bonds is 4. The quantitative estimate of drug-likeness (QED) is 0.722. The summed E-state index contributed by atoms with van der Waals surface area (Å²) in [6.45, 7) is 0. The Hall–Kier alpha value is -3.15. The number of nitrogens with zero attached hydrogens (tertiary/aromatic N) is 2. The number of phenolic OH excluding ortho intramolecular Hbond substituents is 1. The first-order valence-electron chi connectivity index (χ1n) is 6.58. The third-order valence-electron chi connectivity index (χ3n) is 3.25. The smallest absolute Gasteiger partial charge is 0.215 e. The molecule has 0 saturated carbocycles. The maximum absolute atomic E-state index is 12.5.